The zero-order valence-electron chi connectivity index (χ0n) is 14.4. The highest BCUT2D eigenvalue weighted by Crippen LogP contribution is 2.32. The first-order chi connectivity index (χ1) is 11.2. The lowest BCUT2D eigenvalue weighted by Crippen LogP contribution is -2.39. The predicted molar refractivity (Wildman–Crippen MR) is 92.5 cm³/mol. The first-order valence-electron chi connectivity index (χ1n) is 8.90. The van der Waals surface area contributed by atoms with Crippen LogP contribution in [0.3, 0.4) is 0 Å². The second-order valence-electron chi connectivity index (χ2n) is 6.76. The van der Waals surface area contributed by atoms with E-state index in [0.29, 0.717) is 32.3 Å². The van der Waals surface area contributed by atoms with Crippen LogP contribution >= 0.6 is 0 Å². The first kappa shape index (κ1) is 16.3. The van der Waals surface area contributed by atoms with Gasteiger partial charge in [-0.2, -0.15) is 0 Å². The molecule has 3 rings (SSSR count). The summed E-state index contributed by atoms with van der Waals surface area (Å²) in [4.78, 5) is 14.1. The number of aryl methyl sites for hydroxylation is 1. The Morgan fingerprint density at radius 2 is 1.87 bits per heavy atom. The number of amides is 1. The number of rotatable bonds is 3. The van der Waals surface area contributed by atoms with Gasteiger partial charge in [0.2, 0.25) is 5.91 Å². The minimum Gasteiger partial charge on any atom is -0.378 e. The summed E-state index contributed by atoms with van der Waals surface area (Å²) in [5, 5.41) is 0. The molecule has 4 heteroatoms. The number of hydrogen-bond acceptors (Lipinski definition) is 2. The Kier molecular flexibility index (Phi) is 5.21. The number of nitrogens with zero attached hydrogens (tertiary/aromatic N) is 2. The van der Waals surface area contributed by atoms with E-state index >= 15 is 0 Å². The van der Waals surface area contributed by atoms with Gasteiger partial charge in [0, 0.05) is 36.6 Å². The van der Waals surface area contributed by atoms with Gasteiger partial charge in [-0.3, -0.25) is 4.79 Å². The molecule has 1 aromatic rings. The number of carbonyl (C=O) groups excluding carboxylic acids is 1. The average molecular weight is 316 g/mol. The molecule has 1 amide bonds. The second kappa shape index (κ2) is 7.35. The van der Waals surface area contributed by atoms with E-state index in [1.165, 1.54) is 49.1 Å². The van der Waals surface area contributed by atoms with Crippen molar-refractivity contribution in [2.24, 2.45) is 0 Å². The summed E-state index contributed by atoms with van der Waals surface area (Å²) < 4.78 is 7.78. The fourth-order valence-electron chi connectivity index (χ4n) is 3.92. The van der Waals surface area contributed by atoms with E-state index in [9.17, 15) is 4.79 Å². The molecular weight excluding hydrogens is 288 g/mol. The van der Waals surface area contributed by atoms with Crippen LogP contribution in [0.2, 0.25) is 0 Å². The molecule has 0 N–H and O–H groups in total. The molecule has 23 heavy (non-hydrogen) atoms. The Balaban J connectivity index is 1.72. The van der Waals surface area contributed by atoms with Crippen LogP contribution in [0.5, 0.6) is 0 Å². The fraction of sp³-hybridized carbons (Fsp3) is 0.632. The van der Waals surface area contributed by atoms with Gasteiger partial charge in [-0.05, 0) is 44.4 Å². The maximum absolute atomic E-state index is 12.3. The third-order valence-electron chi connectivity index (χ3n) is 5.19. The molecule has 1 saturated heterocycles. The lowest BCUT2D eigenvalue weighted by molar-refractivity contribution is -0.129. The highest BCUT2D eigenvalue weighted by Gasteiger charge is 2.20. The predicted octanol–water partition coefficient (Wildman–Crippen LogP) is 3.48. The molecule has 126 valence electrons. The standard InChI is InChI=1S/C19H28N2O2/c1-15-14-17(8-9-19(22)20-10-12-23-13-11-20)16(2)21(15)18-6-4-3-5-7-18/h8-9,14,18H,3-7,10-13H2,1-2H3/b9-8+. The van der Waals surface area contributed by atoms with Gasteiger partial charge in [0.1, 0.15) is 0 Å². The molecule has 1 aliphatic heterocycles. The molecule has 0 atom stereocenters. The Morgan fingerprint density at radius 3 is 2.57 bits per heavy atom. The highest BCUT2D eigenvalue weighted by atomic mass is 16.5. The maximum atomic E-state index is 12.3. The molecule has 0 unspecified atom stereocenters. The van der Waals surface area contributed by atoms with E-state index in [0.717, 1.165) is 0 Å². The maximum Gasteiger partial charge on any atom is 0.246 e. The number of morpholine rings is 1. The molecule has 1 aliphatic carbocycles. The molecule has 4 nitrogen and oxygen atoms in total. The molecular formula is C19H28N2O2. The highest BCUT2D eigenvalue weighted by molar-refractivity contribution is 5.92. The van der Waals surface area contributed by atoms with Crippen molar-refractivity contribution in [3.63, 3.8) is 0 Å². The van der Waals surface area contributed by atoms with Crippen LogP contribution in [0.1, 0.15) is 55.1 Å². The van der Waals surface area contributed by atoms with Gasteiger partial charge in [0.15, 0.2) is 0 Å². The zero-order valence-corrected chi connectivity index (χ0v) is 14.4. The van der Waals surface area contributed by atoms with Crippen LogP contribution in [0.4, 0.5) is 0 Å². The summed E-state index contributed by atoms with van der Waals surface area (Å²) in [6.45, 7) is 7.06. The minimum atomic E-state index is 0.0933. The van der Waals surface area contributed by atoms with E-state index in [1.807, 2.05) is 11.0 Å². The van der Waals surface area contributed by atoms with Crippen molar-refractivity contribution in [3.8, 4) is 0 Å². The van der Waals surface area contributed by atoms with Crippen molar-refractivity contribution in [1.29, 1.82) is 0 Å². The number of hydrogen-bond donors (Lipinski definition) is 0. The van der Waals surface area contributed by atoms with Crippen LogP contribution in [0.25, 0.3) is 6.08 Å². The van der Waals surface area contributed by atoms with Gasteiger partial charge in [-0.1, -0.05) is 19.3 Å². The normalized spacial score (nSPS) is 20.3. The number of carbonyl (C=O) groups is 1. The number of ether oxygens (including phenoxy) is 1. The second-order valence-corrected chi connectivity index (χ2v) is 6.76. The first-order valence-corrected chi connectivity index (χ1v) is 8.90. The van der Waals surface area contributed by atoms with Crippen molar-refractivity contribution in [3.05, 3.63) is 29.1 Å². The Hall–Kier alpha value is -1.55. The molecule has 1 aromatic heterocycles. The van der Waals surface area contributed by atoms with Gasteiger partial charge in [0.25, 0.3) is 0 Å². The Morgan fingerprint density at radius 1 is 1.17 bits per heavy atom. The third kappa shape index (κ3) is 3.69. The van der Waals surface area contributed by atoms with Gasteiger partial charge in [-0.15, -0.1) is 0 Å². The molecule has 2 fully saturated rings. The van der Waals surface area contributed by atoms with Crippen LogP contribution in [0.15, 0.2) is 12.1 Å². The van der Waals surface area contributed by atoms with Gasteiger partial charge >= 0.3 is 0 Å². The lowest BCUT2D eigenvalue weighted by Gasteiger charge is -2.26. The van der Waals surface area contributed by atoms with E-state index < -0.39 is 0 Å². The van der Waals surface area contributed by atoms with Gasteiger partial charge in [0.05, 0.1) is 13.2 Å². The van der Waals surface area contributed by atoms with Crippen LogP contribution < -0.4 is 0 Å². The summed E-state index contributed by atoms with van der Waals surface area (Å²) >= 11 is 0. The monoisotopic (exact) mass is 316 g/mol. The van der Waals surface area contributed by atoms with Crippen molar-refractivity contribution < 1.29 is 9.53 Å². The zero-order chi connectivity index (χ0) is 16.2. The summed E-state index contributed by atoms with van der Waals surface area (Å²) in [6.07, 6.45) is 10.3. The molecule has 0 bridgehead atoms. The molecule has 0 spiro atoms. The third-order valence-corrected chi connectivity index (χ3v) is 5.19. The largest absolute Gasteiger partial charge is 0.378 e. The van der Waals surface area contributed by atoms with Crippen molar-refractivity contribution >= 4 is 12.0 Å². The molecule has 0 aromatic carbocycles. The van der Waals surface area contributed by atoms with Crippen molar-refractivity contribution in [1.82, 2.24) is 9.47 Å². The van der Waals surface area contributed by atoms with E-state index in [-0.39, 0.29) is 5.91 Å². The van der Waals surface area contributed by atoms with Gasteiger partial charge < -0.3 is 14.2 Å². The lowest BCUT2D eigenvalue weighted by atomic mass is 9.95. The summed E-state index contributed by atoms with van der Waals surface area (Å²) in [6, 6.07) is 2.85. The van der Waals surface area contributed by atoms with Crippen LogP contribution in [-0.4, -0.2) is 41.7 Å². The smallest absolute Gasteiger partial charge is 0.246 e. The van der Waals surface area contributed by atoms with E-state index in [4.69, 9.17) is 4.74 Å². The Bertz CT molecular complexity index is 576. The average Bonchev–Trinajstić information content (AvgIpc) is 2.88. The van der Waals surface area contributed by atoms with Gasteiger partial charge in [-0.25, -0.2) is 0 Å². The molecule has 2 heterocycles. The molecule has 0 radical (unpaired) electrons. The van der Waals surface area contributed by atoms with E-state index in [1.54, 1.807) is 6.08 Å². The number of aromatic nitrogens is 1. The quantitative estimate of drug-likeness (QED) is 0.800. The van der Waals surface area contributed by atoms with Crippen LogP contribution in [-0.2, 0) is 9.53 Å². The molecule has 1 saturated carbocycles. The summed E-state index contributed by atoms with van der Waals surface area (Å²) in [7, 11) is 0. The summed E-state index contributed by atoms with van der Waals surface area (Å²) in [5.41, 5.74) is 3.78. The van der Waals surface area contributed by atoms with Crippen molar-refractivity contribution in [2.45, 2.75) is 52.0 Å². The van der Waals surface area contributed by atoms with Crippen molar-refractivity contribution in [2.75, 3.05) is 26.3 Å². The summed E-state index contributed by atoms with van der Waals surface area (Å²) in [5.74, 6) is 0.0933. The SMILES string of the molecule is Cc1cc(/C=C/C(=O)N2CCOCC2)c(C)n1C1CCCCC1. The Labute approximate surface area is 139 Å². The minimum absolute atomic E-state index is 0.0933. The fourth-order valence-corrected chi connectivity index (χ4v) is 3.92. The molecule has 2 aliphatic rings. The van der Waals surface area contributed by atoms with E-state index in [2.05, 4.69) is 24.5 Å². The topological polar surface area (TPSA) is 34.5 Å². The van der Waals surface area contributed by atoms with Crippen LogP contribution in [0, 0.1) is 13.8 Å².